The molecule has 196 valence electrons. The SMILES string of the molecule is ClC(c1ccccc1)(c1ccccc1)c1ccccc1.OC(c1ccccc1)(c1ccccc1)c1ccccc1. The van der Waals surface area contributed by atoms with Crippen LogP contribution in [0.1, 0.15) is 33.4 Å². The lowest BCUT2D eigenvalue weighted by Crippen LogP contribution is -2.28. The van der Waals surface area contributed by atoms with Crippen molar-refractivity contribution in [3.05, 3.63) is 215 Å². The van der Waals surface area contributed by atoms with E-state index in [1.165, 1.54) is 0 Å². The molecule has 0 aromatic heterocycles. The molecule has 0 aliphatic rings. The standard InChI is InChI=1S/C19H15Cl.C19H16O/c2*20-19(16-10-4-1-5-11-16,17-12-6-2-7-13-17)18-14-8-3-9-15-18/h1-15H;1-15,20H. The van der Waals surface area contributed by atoms with Crippen molar-refractivity contribution >= 4 is 11.6 Å². The van der Waals surface area contributed by atoms with Crippen LogP contribution in [0.5, 0.6) is 0 Å². The van der Waals surface area contributed by atoms with E-state index in [1.54, 1.807) is 0 Å². The molecule has 0 heterocycles. The molecule has 0 atom stereocenters. The average molecular weight is 539 g/mol. The van der Waals surface area contributed by atoms with Crippen LogP contribution in [0.2, 0.25) is 0 Å². The zero-order valence-corrected chi connectivity index (χ0v) is 22.9. The van der Waals surface area contributed by atoms with Crippen LogP contribution in [0.25, 0.3) is 0 Å². The number of benzene rings is 6. The van der Waals surface area contributed by atoms with Crippen molar-refractivity contribution in [3.8, 4) is 0 Å². The van der Waals surface area contributed by atoms with Gasteiger partial charge < -0.3 is 5.11 Å². The second-order valence-electron chi connectivity index (χ2n) is 9.57. The second kappa shape index (κ2) is 12.6. The monoisotopic (exact) mass is 538 g/mol. The summed E-state index contributed by atoms with van der Waals surface area (Å²) in [7, 11) is 0. The first-order valence-corrected chi connectivity index (χ1v) is 13.8. The first kappa shape index (κ1) is 27.1. The number of rotatable bonds is 6. The lowest BCUT2D eigenvalue weighted by Gasteiger charge is -2.30. The second-order valence-corrected chi connectivity index (χ2v) is 10.1. The fraction of sp³-hybridized carbons (Fsp3) is 0.0526. The van der Waals surface area contributed by atoms with E-state index in [9.17, 15) is 5.11 Å². The van der Waals surface area contributed by atoms with Gasteiger partial charge in [0.1, 0.15) is 10.5 Å². The normalized spacial score (nSPS) is 11.2. The molecule has 1 N–H and O–H groups in total. The molecular weight excluding hydrogens is 508 g/mol. The Labute approximate surface area is 242 Å². The predicted octanol–water partition coefficient (Wildman–Crippen LogP) is 9.19. The molecule has 0 unspecified atom stereocenters. The molecule has 0 saturated heterocycles. The molecule has 0 aliphatic carbocycles. The highest BCUT2D eigenvalue weighted by Gasteiger charge is 2.34. The highest BCUT2D eigenvalue weighted by Crippen LogP contribution is 2.42. The largest absolute Gasteiger partial charge is 0.376 e. The molecule has 1 nitrogen and oxygen atoms in total. The third-order valence-electron chi connectivity index (χ3n) is 7.09. The molecule has 0 amide bonds. The van der Waals surface area contributed by atoms with Crippen molar-refractivity contribution in [2.45, 2.75) is 10.5 Å². The molecule has 6 rings (SSSR count). The average Bonchev–Trinajstić information content (AvgIpc) is 3.07. The van der Waals surface area contributed by atoms with E-state index in [4.69, 9.17) is 11.6 Å². The third-order valence-corrected chi connectivity index (χ3v) is 7.74. The van der Waals surface area contributed by atoms with E-state index in [0.29, 0.717) is 0 Å². The number of alkyl halides is 1. The van der Waals surface area contributed by atoms with Crippen LogP contribution in [0, 0.1) is 0 Å². The zero-order valence-electron chi connectivity index (χ0n) is 22.1. The van der Waals surface area contributed by atoms with Crippen LogP contribution in [0.3, 0.4) is 0 Å². The molecule has 2 heteroatoms. The Kier molecular flexibility index (Phi) is 8.56. The van der Waals surface area contributed by atoms with E-state index in [1.807, 2.05) is 146 Å². The topological polar surface area (TPSA) is 20.2 Å². The minimum Gasteiger partial charge on any atom is -0.376 e. The predicted molar refractivity (Wildman–Crippen MR) is 166 cm³/mol. The fourth-order valence-corrected chi connectivity index (χ4v) is 5.42. The van der Waals surface area contributed by atoms with Gasteiger partial charge in [0.25, 0.3) is 0 Å². The summed E-state index contributed by atoms with van der Waals surface area (Å²) < 4.78 is 0. The maximum absolute atomic E-state index is 11.4. The van der Waals surface area contributed by atoms with Crippen molar-refractivity contribution in [2.24, 2.45) is 0 Å². The van der Waals surface area contributed by atoms with Crippen LogP contribution in [-0.2, 0) is 10.5 Å². The molecule has 0 bridgehead atoms. The summed E-state index contributed by atoms with van der Waals surface area (Å²) in [5.74, 6) is 0. The molecule has 40 heavy (non-hydrogen) atoms. The minimum atomic E-state index is -1.12. The number of hydrogen-bond donors (Lipinski definition) is 1. The summed E-state index contributed by atoms with van der Waals surface area (Å²) >= 11 is 7.12. The van der Waals surface area contributed by atoms with Crippen LogP contribution in [0.4, 0.5) is 0 Å². The Morgan fingerprint density at radius 1 is 0.300 bits per heavy atom. The summed E-state index contributed by atoms with van der Waals surface area (Å²) in [5, 5.41) is 11.4. The van der Waals surface area contributed by atoms with Crippen LogP contribution < -0.4 is 0 Å². The van der Waals surface area contributed by atoms with Gasteiger partial charge in [-0.2, -0.15) is 0 Å². The van der Waals surface area contributed by atoms with Crippen molar-refractivity contribution in [1.82, 2.24) is 0 Å². The van der Waals surface area contributed by atoms with E-state index < -0.39 is 10.5 Å². The van der Waals surface area contributed by atoms with E-state index >= 15 is 0 Å². The van der Waals surface area contributed by atoms with Gasteiger partial charge in [0.15, 0.2) is 0 Å². The quantitative estimate of drug-likeness (QED) is 0.165. The lowest BCUT2D eigenvalue weighted by molar-refractivity contribution is 0.125. The smallest absolute Gasteiger partial charge is 0.140 e. The molecule has 6 aromatic carbocycles. The van der Waals surface area contributed by atoms with E-state index in [2.05, 4.69) is 36.4 Å². The highest BCUT2D eigenvalue weighted by atomic mass is 35.5. The molecule has 6 aromatic rings. The van der Waals surface area contributed by atoms with E-state index in [-0.39, 0.29) is 0 Å². The number of aliphatic hydroxyl groups is 1. The van der Waals surface area contributed by atoms with Crippen LogP contribution in [0.15, 0.2) is 182 Å². The molecular formula is C38H31ClO. The Hall–Kier alpha value is -4.43. The van der Waals surface area contributed by atoms with Crippen LogP contribution in [-0.4, -0.2) is 5.11 Å². The summed E-state index contributed by atoms with van der Waals surface area (Å²) in [4.78, 5) is -0.649. The van der Waals surface area contributed by atoms with Gasteiger partial charge >= 0.3 is 0 Å². The molecule has 0 spiro atoms. The Balaban J connectivity index is 0.000000161. The Bertz CT molecular complexity index is 1250. The van der Waals surface area contributed by atoms with Gasteiger partial charge in [-0.05, 0) is 33.4 Å². The third kappa shape index (κ3) is 5.62. The van der Waals surface area contributed by atoms with Crippen molar-refractivity contribution < 1.29 is 5.11 Å². The number of halogens is 1. The molecule has 0 saturated carbocycles. The van der Waals surface area contributed by atoms with Gasteiger partial charge in [0.05, 0.1) is 0 Å². The lowest BCUT2D eigenvalue weighted by atomic mass is 9.80. The molecule has 0 fully saturated rings. The summed E-state index contributed by atoms with van der Waals surface area (Å²) in [5.41, 5.74) is 4.74. The van der Waals surface area contributed by atoms with Gasteiger partial charge in [0, 0.05) is 0 Å². The Morgan fingerprint density at radius 3 is 0.675 bits per heavy atom. The van der Waals surface area contributed by atoms with Gasteiger partial charge in [-0.25, -0.2) is 0 Å². The molecule has 0 aliphatic heterocycles. The van der Waals surface area contributed by atoms with Crippen LogP contribution >= 0.6 is 11.6 Å². The van der Waals surface area contributed by atoms with Crippen molar-refractivity contribution in [2.75, 3.05) is 0 Å². The van der Waals surface area contributed by atoms with Gasteiger partial charge in [-0.1, -0.05) is 182 Å². The number of hydrogen-bond acceptors (Lipinski definition) is 1. The Morgan fingerprint density at radius 2 is 0.475 bits per heavy atom. The first-order valence-electron chi connectivity index (χ1n) is 13.4. The van der Waals surface area contributed by atoms with Crippen molar-refractivity contribution in [3.63, 3.8) is 0 Å². The van der Waals surface area contributed by atoms with Crippen molar-refractivity contribution in [1.29, 1.82) is 0 Å². The minimum absolute atomic E-state index is 0.649. The summed E-state index contributed by atoms with van der Waals surface area (Å²) in [6.45, 7) is 0. The summed E-state index contributed by atoms with van der Waals surface area (Å²) in [6.07, 6.45) is 0. The van der Waals surface area contributed by atoms with Gasteiger partial charge in [-0.3, -0.25) is 0 Å². The van der Waals surface area contributed by atoms with Gasteiger partial charge in [-0.15, -0.1) is 11.6 Å². The molecule has 0 radical (unpaired) electrons. The first-order chi connectivity index (χ1) is 19.6. The maximum atomic E-state index is 11.4. The highest BCUT2D eigenvalue weighted by molar-refractivity contribution is 6.28. The zero-order chi connectivity index (χ0) is 27.7. The van der Waals surface area contributed by atoms with Gasteiger partial charge in [0.2, 0.25) is 0 Å². The summed E-state index contributed by atoms with van der Waals surface area (Å²) in [6, 6.07) is 60.0. The fourth-order valence-electron chi connectivity index (χ4n) is 5.04. The van der Waals surface area contributed by atoms with E-state index in [0.717, 1.165) is 33.4 Å². The maximum Gasteiger partial charge on any atom is 0.140 e.